The van der Waals surface area contributed by atoms with Gasteiger partial charge in [-0.15, -0.1) is 0 Å². The number of hydrogen-bond donors (Lipinski definition) is 1. The molecule has 0 amide bonds. The van der Waals surface area contributed by atoms with Crippen molar-refractivity contribution in [1.82, 2.24) is 15.0 Å². The zero-order chi connectivity index (χ0) is 16.2. The minimum atomic E-state index is -0.240. The van der Waals surface area contributed by atoms with Crippen molar-refractivity contribution in [3.8, 4) is 11.4 Å². The molecule has 2 heterocycles. The van der Waals surface area contributed by atoms with Crippen molar-refractivity contribution in [2.75, 3.05) is 5.32 Å². The summed E-state index contributed by atoms with van der Waals surface area (Å²) in [6.07, 6.45) is 3.45. The summed E-state index contributed by atoms with van der Waals surface area (Å²) in [4.78, 5) is 13.2. The zero-order valence-electron chi connectivity index (χ0n) is 13.0. The Balaban J connectivity index is 1.88. The highest BCUT2D eigenvalue weighted by atomic mass is 19.1. The number of rotatable bonds is 4. The highest BCUT2D eigenvalue weighted by Crippen LogP contribution is 2.21. The van der Waals surface area contributed by atoms with Crippen LogP contribution in [0.15, 0.2) is 48.8 Å². The number of anilines is 1. The van der Waals surface area contributed by atoms with E-state index >= 15 is 0 Å². The average Bonchev–Trinajstić information content (AvgIpc) is 2.57. The molecule has 4 nitrogen and oxygen atoms in total. The summed E-state index contributed by atoms with van der Waals surface area (Å²) >= 11 is 0. The molecule has 1 N–H and O–H groups in total. The molecule has 0 saturated carbocycles. The molecule has 0 aliphatic heterocycles. The summed E-state index contributed by atoms with van der Waals surface area (Å²) in [5.74, 6) is 1.14. The first-order valence-corrected chi connectivity index (χ1v) is 7.37. The van der Waals surface area contributed by atoms with Crippen LogP contribution in [-0.2, 0) is 6.54 Å². The Hall–Kier alpha value is -2.82. The topological polar surface area (TPSA) is 50.7 Å². The Morgan fingerprint density at radius 1 is 1.09 bits per heavy atom. The number of hydrogen-bond acceptors (Lipinski definition) is 4. The van der Waals surface area contributed by atoms with Crippen molar-refractivity contribution >= 4 is 5.82 Å². The van der Waals surface area contributed by atoms with Crippen LogP contribution in [0.5, 0.6) is 0 Å². The van der Waals surface area contributed by atoms with E-state index in [4.69, 9.17) is 0 Å². The van der Waals surface area contributed by atoms with Crippen LogP contribution in [-0.4, -0.2) is 15.0 Å². The van der Waals surface area contributed by atoms with Gasteiger partial charge >= 0.3 is 0 Å². The van der Waals surface area contributed by atoms with Gasteiger partial charge in [-0.25, -0.2) is 14.4 Å². The molecule has 0 saturated heterocycles. The first kappa shape index (κ1) is 15.1. The minimum Gasteiger partial charge on any atom is -0.366 e. The molecule has 0 aliphatic carbocycles. The maximum absolute atomic E-state index is 13.3. The highest BCUT2D eigenvalue weighted by molar-refractivity contribution is 5.58. The predicted octanol–water partition coefficient (Wildman–Crippen LogP) is 3.91. The van der Waals surface area contributed by atoms with Gasteiger partial charge in [0.15, 0.2) is 5.82 Å². The lowest BCUT2D eigenvalue weighted by Crippen LogP contribution is -2.07. The second-order valence-electron chi connectivity index (χ2n) is 5.33. The molecule has 2 aromatic heterocycles. The standard InChI is InChI=1S/C18H17FN4/c1-12-13(2)22-18(15-6-4-8-20-11-15)23-17(12)21-10-14-5-3-7-16(19)9-14/h3-9,11H,10H2,1-2H3,(H,21,22,23). The van der Waals surface area contributed by atoms with Crippen LogP contribution in [0.1, 0.15) is 16.8 Å². The van der Waals surface area contributed by atoms with Crippen molar-refractivity contribution < 1.29 is 4.39 Å². The Morgan fingerprint density at radius 2 is 1.96 bits per heavy atom. The van der Waals surface area contributed by atoms with Crippen molar-refractivity contribution in [2.45, 2.75) is 20.4 Å². The van der Waals surface area contributed by atoms with Crippen LogP contribution >= 0.6 is 0 Å². The number of aromatic nitrogens is 3. The van der Waals surface area contributed by atoms with Crippen LogP contribution in [0.3, 0.4) is 0 Å². The van der Waals surface area contributed by atoms with E-state index in [1.807, 2.05) is 32.0 Å². The quantitative estimate of drug-likeness (QED) is 0.794. The van der Waals surface area contributed by atoms with E-state index in [0.717, 1.165) is 28.2 Å². The van der Waals surface area contributed by atoms with E-state index in [1.165, 1.54) is 12.1 Å². The molecule has 0 atom stereocenters. The summed E-state index contributed by atoms with van der Waals surface area (Å²) in [6, 6.07) is 10.3. The lowest BCUT2D eigenvalue weighted by Gasteiger charge is -2.12. The van der Waals surface area contributed by atoms with Gasteiger partial charge in [0, 0.05) is 35.8 Å². The van der Waals surface area contributed by atoms with Gasteiger partial charge in [0.05, 0.1) is 0 Å². The number of benzene rings is 1. The number of halogens is 1. The van der Waals surface area contributed by atoms with Gasteiger partial charge in [0.25, 0.3) is 0 Å². The molecular weight excluding hydrogens is 291 g/mol. The molecule has 3 aromatic rings. The zero-order valence-corrected chi connectivity index (χ0v) is 13.0. The fourth-order valence-electron chi connectivity index (χ4n) is 2.26. The summed E-state index contributed by atoms with van der Waals surface area (Å²) < 4.78 is 13.3. The molecule has 5 heteroatoms. The van der Waals surface area contributed by atoms with E-state index in [-0.39, 0.29) is 5.82 Å². The molecule has 0 unspecified atom stereocenters. The van der Waals surface area contributed by atoms with Crippen LogP contribution in [0.4, 0.5) is 10.2 Å². The third-order valence-electron chi connectivity index (χ3n) is 3.66. The van der Waals surface area contributed by atoms with E-state index < -0.39 is 0 Å². The Morgan fingerprint density at radius 3 is 2.70 bits per heavy atom. The molecule has 0 bridgehead atoms. The third kappa shape index (κ3) is 3.51. The molecule has 23 heavy (non-hydrogen) atoms. The molecule has 0 aliphatic rings. The van der Waals surface area contributed by atoms with Gasteiger partial charge in [0.1, 0.15) is 11.6 Å². The Kier molecular flexibility index (Phi) is 4.28. The number of pyridine rings is 1. The number of nitrogens with zero attached hydrogens (tertiary/aromatic N) is 3. The fraction of sp³-hybridized carbons (Fsp3) is 0.167. The fourth-order valence-corrected chi connectivity index (χ4v) is 2.26. The van der Waals surface area contributed by atoms with Crippen LogP contribution in [0, 0.1) is 19.7 Å². The SMILES string of the molecule is Cc1nc(-c2cccnc2)nc(NCc2cccc(F)c2)c1C. The Bertz CT molecular complexity index is 819. The van der Waals surface area contributed by atoms with E-state index in [1.54, 1.807) is 18.5 Å². The van der Waals surface area contributed by atoms with Crippen molar-refractivity contribution in [3.63, 3.8) is 0 Å². The van der Waals surface area contributed by atoms with Crippen molar-refractivity contribution in [1.29, 1.82) is 0 Å². The Labute approximate surface area is 134 Å². The molecule has 1 aromatic carbocycles. The van der Waals surface area contributed by atoms with Gasteiger partial charge in [-0.05, 0) is 43.7 Å². The van der Waals surface area contributed by atoms with Crippen LogP contribution in [0.2, 0.25) is 0 Å². The van der Waals surface area contributed by atoms with Gasteiger partial charge in [0.2, 0.25) is 0 Å². The lowest BCUT2D eigenvalue weighted by atomic mass is 10.2. The minimum absolute atomic E-state index is 0.240. The highest BCUT2D eigenvalue weighted by Gasteiger charge is 2.09. The van der Waals surface area contributed by atoms with Gasteiger partial charge in [-0.1, -0.05) is 12.1 Å². The maximum Gasteiger partial charge on any atom is 0.163 e. The monoisotopic (exact) mass is 308 g/mol. The van der Waals surface area contributed by atoms with Crippen LogP contribution in [0.25, 0.3) is 11.4 Å². The van der Waals surface area contributed by atoms with Gasteiger partial charge in [-0.3, -0.25) is 4.98 Å². The summed E-state index contributed by atoms with van der Waals surface area (Å²) in [5.41, 5.74) is 3.61. The van der Waals surface area contributed by atoms with Gasteiger partial charge in [-0.2, -0.15) is 0 Å². The van der Waals surface area contributed by atoms with Crippen LogP contribution < -0.4 is 5.32 Å². The smallest absolute Gasteiger partial charge is 0.163 e. The second-order valence-corrected chi connectivity index (χ2v) is 5.33. The molecular formula is C18H17FN4. The third-order valence-corrected chi connectivity index (χ3v) is 3.66. The predicted molar refractivity (Wildman–Crippen MR) is 88.5 cm³/mol. The first-order valence-electron chi connectivity index (χ1n) is 7.37. The molecule has 0 radical (unpaired) electrons. The number of nitrogens with one attached hydrogen (secondary N) is 1. The van der Waals surface area contributed by atoms with Gasteiger partial charge < -0.3 is 5.32 Å². The first-order chi connectivity index (χ1) is 11.1. The summed E-state index contributed by atoms with van der Waals surface area (Å²) in [6.45, 7) is 4.42. The summed E-state index contributed by atoms with van der Waals surface area (Å²) in [7, 11) is 0. The molecule has 3 rings (SSSR count). The number of aryl methyl sites for hydroxylation is 1. The molecule has 0 spiro atoms. The van der Waals surface area contributed by atoms with E-state index in [9.17, 15) is 4.39 Å². The second kappa shape index (κ2) is 6.52. The maximum atomic E-state index is 13.3. The largest absolute Gasteiger partial charge is 0.366 e. The van der Waals surface area contributed by atoms with Crippen molar-refractivity contribution in [3.05, 3.63) is 71.4 Å². The van der Waals surface area contributed by atoms with Crippen molar-refractivity contribution in [2.24, 2.45) is 0 Å². The molecule has 0 fully saturated rings. The van der Waals surface area contributed by atoms with E-state index in [2.05, 4.69) is 20.3 Å². The summed E-state index contributed by atoms with van der Waals surface area (Å²) in [5, 5.41) is 3.27. The molecule has 116 valence electrons. The average molecular weight is 308 g/mol. The lowest BCUT2D eigenvalue weighted by molar-refractivity contribution is 0.626. The normalized spacial score (nSPS) is 10.6. The van der Waals surface area contributed by atoms with E-state index in [0.29, 0.717) is 12.4 Å².